The summed E-state index contributed by atoms with van der Waals surface area (Å²) in [6.45, 7) is 4.35. The van der Waals surface area contributed by atoms with Crippen LogP contribution in [-0.2, 0) is 6.42 Å². The van der Waals surface area contributed by atoms with E-state index in [1.165, 1.54) is 23.6 Å². The van der Waals surface area contributed by atoms with Gasteiger partial charge in [0, 0.05) is 23.9 Å². The van der Waals surface area contributed by atoms with E-state index in [-0.39, 0.29) is 0 Å². The molecule has 1 atom stereocenters. The largest absolute Gasteiger partial charge is 0.374 e. The molecule has 3 heteroatoms. The molecule has 15 heavy (non-hydrogen) atoms. The summed E-state index contributed by atoms with van der Waals surface area (Å²) in [6.07, 6.45) is 3.59. The van der Waals surface area contributed by atoms with Crippen LogP contribution in [0.3, 0.4) is 0 Å². The summed E-state index contributed by atoms with van der Waals surface area (Å²) >= 11 is 1.84. The third-order valence-corrected chi connectivity index (χ3v) is 3.63. The average molecular weight is 222 g/mol. The van der Waals surface area contributed by atoms with Crippen LogP contribution in [0.25, 0.3) is 0 Å². The highest BCUT2D eigenvalue weighted by atomic mass is 32.1. The van der Waals surface area contributed by atoms with E-state index in [1.54, 1.807) is 0 Å². The third kappa shape index (κ3) is 3.06. The molecule has 1 aromatic heterocycles. The summed E-state index contributed by atoms with van der Waals surface area (Å²) in [5.74, 6) is 1.74. The Hall–Kier alpha value is -0.830. The number of rotatable bonds is 3. The van der Waals surface area contributed by atoms with Crippen LogP contribution in [0.4, 0.5) is 0 Å². The molecule has 0 fully saturated rings. The lowest BCUT2D eigenvalue weighted by molar-refractivity contribution is 0.714. The van der Waals surface area contributed by atoms with Crippen LogP contribution in [0.5, 0.6) is 0 Å². The fourth-order valence-corrected chi connectivity index (χ4v) is 2.70. The molecule has 2 heterocycles. The maximum absolute atomic E-state index is 4.61. The van der Waals surface area contributed by atoms with Crippen molar-refractivity contribution in [3.63, 3.8) is 0 Å². The highest BCUT2D eigenvalue weighted by Crippen LogP contribution is 2.15. The van der Waals surface area contributed by atoms with Gasteiger partial charge in [-0.05, 0) is 30.7 Å². The predicted molar refractivity (Wildman–Crippen MR) is 66.7 cm³/mol. The number of hydrogen-bond acceptors (Lipinski definition) is 3. The fraction of sp³-hybridized carbons (Fsp3) is 0.583. The van der Waals surface area contributed by atoms with Gasteiger partial charge in [0.1, 0.15) is 0 Å². The topological polar surface area (TPSA) is 24.4 Å². The molecular formula is C12H18N2S. The molecule has 0 saturated heterocycles. The van der Waals surface area contributed by atoms with Crippen molar-refractivity contribution in [2.75, 3.05) is 13.1 Å². The molecular weight excluding hydrogens is 204 g/mol. The molecule has 0 bridgehead atoms. The monoisotopic (exact) mass is 222 g/mol. The summed E-state index contributed by atoms with van der Waals surface area (Å²) < 4.78 is 0. The Kier molecular flexibility index (Phi) is 3.78. The van der Waals surface area contributed by atoms with E-state index in [0.717, 1.165) is 19.5 Å². The minimum absolute atomic E-state index is 0.529. The zero-order valence-electron chi connectivity index (χ0n) is 9.20. The van der Waals surface area contributed by atoms with E-state index >= 15 is 0 Å². The van der Waals surface area contributed by atoms with Gasteiger partial charge in [-0.1, -0.05) is 13.0 Å². The van der Waals surface area contributed by atoms with Crippen LogP contribution in [0.1, 0.15) is 24.6 Å². The molecule has 0 aliphatic carbocycles. The first-order valence-corrected chi connectivity index (χ1v) is 6.55. The molecule has 1 aromatic rings. The van der Waals surface area contributed by atoms with Gasteiger partial charge < -0.3 is 5.32 Å². The lowest BCUT2D eigenvalue weighted by Gasteiger charge is -2.14. The summed E-state index contributed by atoms with van der Waals surface area (Å²) in [4.78, 5) is 6.07. The van der Waals surface area contributed by atoms with Crippen LogP contribution < -0.4 is 5.32 Å². The van der Waals surface area contributed by atoms with Gasteiger partial charge in [0.2, 0.25) is 0 Å². The van der Waals surface area contributed by atoms with E-state index in [9.17, 15) is 0 Å². The Bertz CT molecular complexity index is 316. The maximum atomic E-state index is 4.61. The maximum Gasteiger partial charge on any atom is 0.0995 e. The van der Waals surface area contributed by atoms with Crippen molar-refractivity contribution in [3.05, 3.63) is 22.4 Å². The second-order valence-corrected chi connectivity index (χ2v) is 5.12. The van der Waals surface area contributed by atoms with Gasteiger partial charge >= 0.3 is 0 Å². The van der Waals surface area contributed by atoms with Gasteiger partial charge in [-0.25, -0.2) is 0 Å². The summed E-state index contributed by atoms with van der Waals surface area (Å²) in [7, 11) is 0. The molecule has 2 nitrogen and oxygen atoms in total. The van der Waals surface area contributed by atoms with Crippen molar-refractivity contribution in [1.29, 1.82) is 0 Å². The van der Waals surface area contributed by atoms with Crippen LogP contribution >= 0.6 is 11.3 Å². The van der Waals surface area contributed by atoms with Crippen molar-refractivity contribution in [2.24, 2.45) is 10.9 Å². The second-order valence-electron chi connectivity index (χ2n) is 4.09. The molecule has 82 valence electrons. The Morgan fingerprint density at radius 3 is 3.27 bits per heavy atom. The van der Waals surface area contributed by atoms with E-state index < -0.39 is 0 Å². The van der Waals surface area contributed by atoms with Gasteiger partial charge in [-0.2, -0.15) is 0 Å². The summed E-state index contributed by atoms with van der Waals surface area (Å²) in [5.41, 5.74) is 0. The highest BCUT2D eigenvalue weighted by molar-refractivity contribution is 7.09. The summed E-state index contributed by atoms with van der Waals surface area (Å²) in [5, 5.41) is 5.59. The van der Waals surface area contributed by atoms with Gasteiger partial charge in [-0.3, -0.25) is 4.99 Å². The third-order valence-electron chi connectivity index (χ3n) is 2.73. The SMILES string of the molecule is CC(Cc1cccs1)C1=NCCCCN1. The first-order valence-electron chi connectivity index (χ1n) is 5.67. The van der Waals surface area contributed by atoms with Gasteiger partial charge in [0.05, 0.1) is 5.84 Å². The van der Waals surface area contributed by atoms with E-state index in [4.69, 9.17) is 0 Å². The molecule has 0 aromatic carbocycles. The number of thiophene rings is 1. The van der Waals surface area contributed by atoms with Crippen LogP contribution in [-0.4, -0.2) is 18.9 Å². The molecule has 1 aliphatic rings. The van der Waals surface area contributed by atoms with Crippen molar-refractivity contribution >= 4 is 17.2 Å². The van der Waals surface area contributed by atoms with Gasteiger partial charge in [0.25, 0.3) is 0 Å². The molecule has 0 spiro atoms. The standard InChI is InChI=1S/C12H18N2S/c1-10(9-11-5-4-8-15-11)12-13-6-2-3-7-14-12/h4-5,8,10H,2-3,6-7,9H2,1H3,(H,13,14). The van der Waals surface area contributed by atoms with E-state index in [2.05, 4.69) is 34.7 Å². The zero-order chi connectivity index (χ0) is 10.5. The first-order chi connectivity index (χ1) is 7.36. The van der Waals surface area contributed by atoms with Crippen molar-refractivity contribution in [2.45, 2.75) is 26.2 Å². The van der Waals surface area contributed by atoms with Crippen molar-refractivity contribution in [3.8, 4) is 0 Å². The number of amidine groups is 1. The molecule has 1 unspecified atom stereocenters. The fourth-order valence-electron chi connectivity index (χ4n) is 1.87. The lowest BCUT2D eigenvalue weighted by atomic mass is 10.1. The number of hydrogen-bond donors (Lipinski definition) is 1. The van der Waals surface area contributed by atoms with Crippen LogP contribution in [0, 0.1) is 5.92 Å². The Balaban J connectivity index is 1.94. The molecule has 0 radical (unpaired) electrons. The van der Waals surface area contributed by atoms with Crippen LogP contribution in [0.2, 0.25) is 0 Å². The van der Waals surface area contributed by atoms with Crippen molar-refractivity contribution in [1.82, 2.24) is 5.32 Å². The molecule has 1 N–H and O–H groups in total. The number of aliphatic imine (C=N–C) groups is 1. The molecule has 2 rings (SSSR count). The molecule has 0 amide bonds. The lowest BCUT2D eigenvalue weighted by Crippen LogP contribution is -2.30. The van der Waals surface area contributed by atoms with Crippen molar-refractivity contribution < 1.29 is 0 Å². The molecule has 0 saturated carbocycles. The summed E-state index contributed by atoms with van der Waals surface area (Å²) in [6, 6.07) is 4.33. The average Bonchev–Trinajstić information content (AvgIpc) is 2.58. The highest BCUT2D eigenvalue weighted by Gasteiger charge is 2.12. The Morgan fingerprint density at radius 1 is 1.53 bits per heavy atom. The number of nitrogens with one attached hydrogen (secondary N) is 1. The van der Waals surface area contributed by atoms with Crippen LogP contribution in [0.15, 0.2) is 22.5 Å². The smallest absolute Gasteiger partial charge is 0.0995 e. The normalized spacial score (nSPS) is 18.9. The number of nitrogens with zero attached hydrogens (tertiary/aromatic N) is 1. The van der Waals surface area contributed by atoms with Gasteiger partial charge in [-0.15, -0.1) is 11.3 Å². The second kappa shape index (κ2) is 5.31. The Labute approximate surface area is 95.4 Å². The first kappa shape index (κ1) is 10.7. The minimum Gasteiger partial charge on any atom is -0.374 e. The van der Waals surface area contributed by atoms with E-state index in [1.807, 2.05) is 11.3 Å². The molecule has 1 aliphatic heterocycles. The quantitative estimate of drug-likeness (QED) is 0.835. The zero-order valence-corrected chi connectivity index (χ0v) is 10.0. The van der Waals surface area contributed by atoms with E-state index in [0.29, 0.717) is 5.92 Å². The Morgan fingerprint density at radius 2 is 2.47 bits per heavy atom. The predicted octanol–water partition coefficient (Wildman–Crippen LogP) is 2.71. The minimum atomic E-state index is 0.529. The van der Waals surface area contributed by atoms with Gasteiger partial charge in [0.15, 0.2) is 0 Å².